The van der Waals surface area contributed by atoms with Crippen molar-refractivity contribution in [3.63, 3.8) is 0 Å². The van der Waals surface area contributed by atoms with Crippen LogP contribution in [0, 0.1) is 0 Å². The summed E-state index contributed by atoms with van der Waals surface area (Å²) in [6.45, 7) is 1.94. The second-order valence-corrected chi connectivity index (χ2v) is 5.98. The van der Waals surface area contributed by atoms with Gasteiger partial charge in [0.05, 0.1) is 19.0 Å². The van der Waals surface area contributed by atoms with Gasteiger partial charge in [-0.05, 0) is 24.1 Å². The lowest BCUT2D eigenvalue weighted by molar-refractivity contribution is 0.0605. The first-order chi connectivity index (χ1) is 10.1. The third-order valence-electron chi connectivity index (χ3n) is 2.65. The van der Waals surface area contributed by atoms with Crippen LogP contribution in [0.2, 0.25) is 0 Å². The van der Waals surface area contributed by atoms with Crippen molar-refractivity contribution in [2.45, 2.75) is 13.3 Å². The molecular formula is C14H14BrN3O2S. The summed E-state index contributed by atoms with van der Waals surface area (Å²) >= 11 is 4.61. The first-order valence-corrected chi connectivity index (χ1v) is 7.87. The molecule has 0 saturated heterocycles. The molecule has 0 aliphatic heterocycles. The molecule has 0 fully saturated rings. The van der Waals surface area contributed by atoms with E-state index in [1.54, 1.807) is 6.21 Å². The highest BCUT2D eigenvalue weighted by Gasteiger charge is 2.17. The number of thiazole rings is 1. The first kappa shape index (κ1) is 15.7. The molecule has 5 nitrogen and oxygen atoms in total. The summed E-state index contributed by atoms with van der Waals surface area (Å²) in [6.07, 6.45) is 2.36. The molecule has 0 atom stereocenters. The van der Waals surface area contributed by atoms with Crippen LogP contribution >= 0.6 is 27.3 Å². The van der Waals surface area contributed by atoms with Gasteiger partial charge in [0.2, 0.25) is 5.13 Å². The Morgan fingerprint density at radius 3 is 2.81 bits per heavy atom. The highest BCUT2D eigenvalue weighted by molar-refractivity contribution is 9.10. The summed E-state index contributed by atoms with van der Waals surface area (Å²) in [5.74, 6) is -0.366. The van der Waals surface area contributed by atoms with Crippen molar-refractivity contribution in [3.8, 4) is 0 Å². The molecule has 2 aromatic rings. The molecule has 0 bridgehead atoms. The number of aryl methyl sites for hydroxylation is 1. The van der Waals surface area contributed by atoms with Gasteiger partial charge in [0.15, 0.2) is 0 Å². The minimum absolute atomic E-state index is 0.366. The number of carbonyl (C=O) groups is 1. The third kappa shape index (κ3) is 4.12. The predicted molar refractivity (Wildman–Crippen MR) is 88.2 cm³/mol. The molecule has 1 aromatic heterocycles. The second-order valence-electron chi connectivity index (χ2n) is 4.06. The second kappa shape index (κ2) is 7.33. The molecule has 1 aromatic carbocycles. The SMILES string of the molecule is CCc1nc(N/N=C\c2ccc(Br)cc2)sc1C(=O)OC. The zero-order valence-electron chi connectivity index (χ0n) is 11.6. The highest BCUT2D eigenvalue weighted by atomic mass is 79.9. The zero-order valence-corrected chi connectivity index (χ0v) is 14.0. The van der Waals surface area contributed by atoms with Gasteiger partial charge in [-0.25, -0.2) is 9.78 Å². The molecule has 2 rings (SSSR count). The van der Waals surface area contributed by atoms with Crippen LogP contribution in [0.5, 0.6) is 0 Å². The van der Waals surface area contributed by atoms with Crippen molar-refractivity contribution in [1.29, 1.82) is 0 Å². The number of anilines is 1. The van der Waals surface area contributed by atoms with Crippen molar-refractivity contribution in [1.82, 2.24) is 4.98 Å². The molecule has 0 spiro atoms. The van der Waals surface area contributed by atoms with Gasteiger partial charge in [-0.15, -0.1) is 0 Å². The number of hydrazone groups is 1. The number of halogens is 1. The molecule has 7 heteroatoms. The lowest BCUT2D eigenvalue weighted by atomic mass is 10.2. The molecule has 0 aliphatic carbocycles. The standard InChI is InChI=1S/C14H14BrN3O2S/c1-3-11-12(13(19)20-2)21-14(17-11)18-16-8-9-4-6-10(15)7-5-9/h4-8H,3H2,1-2H3,(H,17,18)/b16-8-. The van der Waals surface area contributed by atoms with Crippen molar-refractivity contribution in [2.75, 3.05) is 12.5 Å². The molecule has 0 aliphatic rings. The fourth-order valence-corrected chi connectivity index (χ4v) is 2.79. The number of nitrogens with one attached hydrogen (secondary N) is 1. The number of ether oxygens (including phenoxy) is 1. The van der Waals surface area contributed by atoms with Gasteiger partial charge in [0, 0.05) is 4.47 Å². The van der Waals surface area contributed by atoms with E-state index in [1.165, 1.54) is 18.4 Å². The molecule has 0 radical (unpaired) electrons. The highest BCUT2D eigenvalue weighted by Crippen LogP contribution is 2.24. The van der Waals surface area contributed by atoms with Crippen LogP contribution in [0.3, 0.4) is 0 Å². The van der Waals surface area contributed by atoms with Gasteiger partial charge in [-0.2, -0.15) is 5.10 Å². The minimum atomic E-state index is -0.366. The van der Waals surface area contributed by atoms with Crippen LogP contribution in [0.25, 0.3) is 0 Å². The summed E-state index contributed by atoms with van der Waals surface area (Å²) in [4.78, 5) is 16.5. The van der Waals surface area contributed by atoms with Crippen molar-refractivity contribution in [3.05, 3.63) is 44.9 Å². The number of methoxy groups -OCH3 is 1. The van der Waals surface area contributed by atoms with E-state index in [0.29, 0.717) is 22.1 Å². The van der Waals surface area contributed by atoms with E-state index in [2.05, 4.69) is 31.4 Å². The Morgan fingerprint density at radius 1 is 1.48 bits per heavy atom. The van der Waals surface area contributed by atoms with E-state index >= 15 is 0 Å². The monoisotopic (exact) mass is 367 g/mol. The summed E-state index contributed by atoms with van der Waals surface area (Å²) in [5, 5.41) is 4.69. The zero-order chi connectivity index (χ0) is 15.2. The number of hydrogen-bond donors (Lipinski definition) is 1. The van der Waals surface area contributed by atoms with E-state index in [9.17, 15) is 4.79 Å². The topological polar surface area (TPSA) is 63.6 Å². The molecule has 0 amide bonds. The third-order valence-corrected chi connectivity index (χ3v) is 4.16. The van der Waals surface area contributed by atoms with Crippen LogP contribution in [-0.4, -0.2) is 24.3 Å². The molecule has 21 heavy (non-hydrogen) atoms. The van der Waals surface area contributed by atoms with Crippen molar-refractivity contribution >= 4 is 44.6 Å². The number of carbonyl (C=O) groups excluding carboxylic acids is 1. The summed E-state index contributed by atoms with van der Waals surface area (Å²) < 4.78 is 5.75. The van der Waals surface area contributed by atoms with E-state index in [4.69, 9.17) is 4.74 Å². The van der Waals surface area contributed by atoms with E-state index in [1.807, 2.05) is 31.2 Å². The largest absolute Gasteiger partial charge is 0.465 e. The van der Waals surface area contributed by atoms with Gasteiger partial charge < -0.3 is 4.74 Å². The molecular weight excluding hydrogens is 354 g/mol. The lowest BCUT2D eigenvalue weighted by Crippen LogP contribution is -2.01. The first-order valence-electron chi connectivity index (χ1n) is 6.26. The average Bonchev–Trinajstić information content (AvgIpc) is 2.92. The Balaban J connectivity index is 2.08. The van der Waals surface area contributed by atoms with E-state index in [0.717, 1.165) is 10.0 Å². The molecule has 110 valence electrons. The minimum Gasteiger partial charge on any atom is -0.465 e. The Labute approximate surface area is 135 Å². The van der Waals surface area contributed by atoms with Crippen LogP contribution in [0.1, 0.15) is 27.9 Å². The quantitative estimate of drug-likeness (QED) is 0.497. The number of aromatic nitrogens is 1. The van der Waals surface area contributed by atoms with Gasteiger partial charge in [-0.3, -0.25) is 5.43 Å². The lowest BCUT2D eigenvalue weighted by Gasteiger charge is -1.95. The normalized spacial score (nSPS) is 10.8. The maximum Gasteiger partial charge on any atom is 0.350 e. The maximum atomic E-state index is 11.6. The fraction of sp³-hybridized carbons (Fsp3) is 0.214. The van der Waals surface area contributed by atoms with Crippen LogP contribution < -0.4 is 5.43 Å². The van der Waals surface area contributed by atoms with Gasteiger partial charge in [0.1, 0.15) is 4.88 Å². The maximum absolute atomic E-state index is 11.6. The Kier molecular flexibility index (Phi) is 5.46. The number of hydrogen-bond acceptors (Lipinski definition) is 6. The Bertz CT molecular complexity index is 653. The average molecular weight is 368 g/mol. The number of nitrogens with zero attached hydrogens (tertiary/aromatic N) is 2. The molecule has 0 unspecified atom stereocenters. The Morgan fingerprint density at radius 2 is 2.19 bits per heavy atom. The van der Waals surface area contributed by atoms with Crippen LogP contribution in [-0.2, 0) is 11.2 Å². The summed E-state index contributed by atoms with van der Waals surface area (Å²) in [6, 6.07) is 7.76. The summed E-state index contributed by atoms with van der Waals surface area (Å²) in [7, 11) is 1.36. The fourth-order valence-electron chi connectivity index (χ4n) is 1.60. The molecule has 1 N–H and O–H groups in total. The number of esters is 1. The smallest absolute Gasteiger partial charge is 0.350 e. The van der Waals surface area contributed by atoms with Crippen LogP contribution in [0.4, 0.5) is 5.13 Å². The van der Waals surface area contributed by atoms with Crippen molar-refractivity contribution < 1.29 is 9.53 Å². The van der Waals surface area contributed by atoms with E-state index in [-0.39, 0.29) is 5.97 Å². The molecule has 0 saturated carbocycles. The van der Waals surface area contributed by atoms with E-state index < -0.39 is 0 Å². The van der Waals surface area contributed by atoms with Crippen molar-refractivity contribution in [2.24, 2.45) is 5.10 Å². The molecule has 1 heterocycles. The van der Waals surface area contributed by atoms with Gasteiger partial charge >= 0.3 is 5.97 Å². The van der Waals surface area contributed by atoms with Crippen LogP contribution in [0.15, 0.2) is 33.8 Å². The van der Waals surface area contributed by atoms with Gasteiger partial charge in [0.25, 0.3) is 0 Å². The van der Waals surface area contributed by atoms with Gasteiger partial charge in [-0.1, -0.05) is 46.3 Å². The number of benzene rings is 1. The Hall–Kier alpha value is -1.73. The number of rotatable bonds is 5. The summed E-state index contributed by atoms with van der Waals surface area (Å²) in [5.41, 5.74) is 4.52. The predicted octanol–water partition coefficient (Wildman–Crippen LogP) is 3.70.